The molecule has 200 valence electrons. The molecule has 0 unspecified atom stereocenters. The van der Waals surface area contributed by atoms with Crippen LogP contribution in [0.15, 0.2) is 36.7 Å². The van der Waals surface area contributed by atoms with Crippen molar-refractivity contribution in [2.24, 2.45) is 11.8 Å². The van der Waals surface area contributed by atoms with Gasteiger partial charge in [0.15, 0.2) is 5.82 Å². The summed E-state index contributed by atoms with van der Waals surface area (Å²) in [6.07, 6.45) is 28.4. The Morgan fingerprint density at radius 2 is 1.22 bits per heavy atom. The minimum absolute atomic E-state index is 0.800. The van der Waals surface area contributed by atoms with Crippen LogP contribution in [-0.4, -0.2) is 16.6 Å². The van der Waals surface area contributed by atoms with E-state index in [1.165, 1.54) is 108 Å². The molecular formula is C33H52N2O. The highest BCUT2D eigenvalue weighted by Crippen LogP contribution is 2.34. The predicted octanol–water partition coefficient (Wildman–Crippen LogP) is 9.98. The van der Waals surface area contributed by atoms with Crippen molar-refractivity contribution >= 4 is 0 Å². The van der Waals surface area contributed by atoms with E-state index in [1.807, 2.05) is 12.4 Å². The summed E-state index contributed by atoms with van der Waals surface area (Å²) in [7, 11) is 0. The van der Waals surface area contributed by atoms with Crippen molar-refractivity contribution in [2.45, 2.75) is 129 Å². The van der Waals surface area contributed by atoms with Crippen LogP contribution in [0.25, 0.3) is 11.4 Å². The minimum Gasteiger partial charge on any atom is -0.494 e. The van der Waals surface area contributed by atoms with Crippen LogP contribution < -0.4 is 4.74 Å². The number of hydrogen-bond donors (Lipinski definition) is 0. The van der Waals surface area contributed by atoms with E-state index in [4.69, 9.17) is 4.74 Å². The fourth-order valence-corrected chi connectivity index (χ4v) is 5.67. The van der Waals surface area contributed by atoms with Crippen LogP contribution >= 0.6 is 0 Å². The van der Waals surface area contributed by atoms with Crippen molar-refractivity contribution in [2.75, 3.05) is 6.61 Å². The number of aryl methyl sites for hydroxylation is 1. The van der Waals surface area contributed by atoms with Crippen LogP contribution in [0.1, 0.15) is 129 Å². The van der Waals surface area contributed by atoms with Gasteiger partial charge in [0.05, 0.1) is 6.61 Å². The molecule has 3 nitrogen and oxygen atoms in total. The first-order valence-electron chi connectivity index (χ1n) is 15.3. The Bertz CT molecular complexity index is 793. The van der Waals surface area contributed by atoms with Gasteiger partial charge >= 0.3 is 0 Å². The van der Waals surface area contributed by atoms with Crippen molar-refractivity contribution < 1.29 is 4.74 Å². The molecule has 0 atom stereocenters. The second kappa shape index (κ2) is 17.5. The van der Waals surface area contributed by atoms with Crippen LogP contribution in [-0.2, 0) is 6.42 Å². The van der Waals surface area contributed by atoms with Crippen molar-refractivity contribution in [1.82, 2.24) is 9.97 Å². The summed E-state index contributed by atoms with van der Waals surface area (Å²) >= 11 is 0. The fourth-order valence-electron chi connectivity index (χ4n) is 5.67. The summed E-state index contributed by atoms with van der Waals surface area (Å²) in [5.74, 6) is 3.68. The van der Waals surface area contributed by atoms with Crippen molar-refractivity contribution in [1.29, 1.82) is 0 Å². The maximum absolute atomic E-state index is 6.04. The maximum Gasteiger partial charge on any atom is 0.159 e. The van der Waals surface area contributed by atoms with Crippen LogP contribution in [0, 0.1) is 11.8 Å². The number of hydrogen-bond acceptors (Lipinski definition) is 3. The van der Waals surface area contributed by atoms with Crippen LogP contribution in [0.4, 0.5) is 0 Å². The van der Waals surface area contributed by atoms with Crippen LogP contribution in [0.5, 0.6) is 5.75 Å². The van der Waals surface area contributed by atoms with E-state index in [-0.39, 0.29) is 0 Å². The first-order chi connectivity index (χ1) is 17.8. The van der Waals surface area contributed by atoms with E-state index >= 15 is 0 Å². The lowest BCUT2D eigenvalue weighted by molar-refractivity contribution is 0.228. The van der Waals surface area contributed by atoms with Gasteiger partial charge in [0, 0.05) is 18.0 Å². The third-order valence-electron chi connectivity index (χ3n) is 8.09. The van der Waals surface area contributed by atoms with Gasteiger partial charge in [-0.25, -0.2) is 9.97 Å². The molecule has 1 aromatic heterocycles. The Kier molecular flexibility index (Phi) is 14.0. The minimum atomic E-state index is 0.800. The monoisotopic (exact) mass is 492 g/mol. The van der Waals surface area contributed by atoms with Gasteiger partial charge in [-0.3, -0.25) is 0 Å². The highest BCUT2D eigenvalue weighted by molar-refractivity contribution is 5.55. The molecule has 0 saturated heterocycles. The van der Waals surface area contributed by atoms with Gasteiger partial charge in [0.1, 0.15) is 5.75 Å². The molecule has 36 heavy (non-hydrogen) atoms. The number of ether oxygens (including phenoxy) is 1. The highest BCUT2D eigenvalue weighted by Gasteiger charge is 2.20. The van der Waals surface area contributed by atoms with Crippen molar-refractivity contribution in [3.05, 3.63) is 42.2 Å². The van der Waals surface area contributed by atoms with E-state index in [0.717, 1.165) is 48.4 Å². The Labute approximate surface area is 221 Å². The molecule has 0 spiro atoms. The molecule has 0 N–H and O–H groups in total. The lowest BCUT2D eigenvalue weighted by atomic mass is 9.78. The SMILES string of the molecule is CCCCCCCCc1cnc(-c2ccc(OCCCC3CCC(CCCCCC)CC3)cc2)nc1. The summed E-state index contributed by atoms with van der Waals surface area (Å²) in [5.41, 5.74) is 2.30. The Hall–Kier alpha value is -1.90. The smallest absolute Gasteiger partial charge is 0.159 e. The quantitative estimate of drug-likeness (QED) is 0.194. The summed E-state index contributed by atoms with van der Waals surface area (Å²) < 4.78 is 6.04. The number of aromatic nitrogens is 2. The van der Waals surface area contributed by atoms with Crippen LogP contribution in [0.2, 0.25) is 0 Å². The summed E-state index contributed by atoms with van der Waals surface area (Å²) in [6, 6.07) is 8.29. The van der Waals surface area contributed by atoms with E-state index < -0.39 is 0 Å². The zero-order valence-corrected chi connectivity index (χ0v) is 23.4. The van der Waals surface area contributed by atoms with E-state index in [1.54, 1.807) is 0 Å². The zero-order valence-electron chi connectivity index (χ0n) is 23.4. The van der Waals surface area contributed by atoms with Gasteiger partial charge in [0.25, 0.3) is 0 Å². The van der Waals surface area contributed by atoms with Gasteiger partial charge in [-0.05, 0) is 67.3 Å². The fraction of sp³-hybridized carbons (Fsp3) is 0.697. The molecule has 0 aliphatic heterocycles. The van der Waals surface area contributed by atoms with Gasteiger partial charge in [-0.1, -0.05) is 104 Å². The van der Waals surface area contributed by atoms with Crippen LogP contribution in [0.3, 0.4) is 0 Å². The second-order valence-electron chi connectivity index (χ2n) is 11.2. The Morgan fingerprint density at radius 3 is 1.86 bits per heavy atom. The number of nitrogens with zero attached hydrogens (tertiary/aromatic N) is 2. The zero-order chi connectivity index (χ0) is 25.3. The largest absolute Gasteiger partial charge is 0.494 e. The molecule has 1 fully saturated rings. The maximum atomic E-state index is 6.04. The van der Waals surface area contributed by atoms with Crippen molar-refractivity contribution in [3.63, 3.8) is 0 Å². The van der Waals surface area contributed by atoms with Gasteiger partial charge in [-0.2, -0.15) is 0 Å². The topological polar surface area (TPSA) is 35.0 Å². The predicted molar refractivity (Wildman–Crippen MR) is 153 cm³/mol. The van der Waals surface area contributed by atoms with E-state index in [9.17, 15) is 0 Å². The third-order valence-corrected chi connectivity index (χ3v) is 8.09. The molecule has 1 aliphatic carbocycles. The molecule has 0 radical (unpaired) electrons. The third kappa shape index (κ3) is 11.0. The highest BCUT2D eigenvalue weighted by atomic mass is 16.5. The normalized spacial score (nSPS) is 17.8. The van der Waals surface area contributed by atoms with E-state index in [2.05, 4.69) is 48.1 Å². The van der Waals surface area contributed by atoms with Crippen molar-refractivity contribution in [3.8, 4) is 17.1 Å². The molecule has 0 bridgehead atoms. The summed E-state index contributed by atoms with van der Waals surface area (Å²) in [4.78, 5) is 9.22. The van der Waals surface area contributed by atoms with Gasteiger partial charge in [0.2, 0.25) is 0 Å². The number of benzene rings is 1. The molecule has 1 aliphatic rings. The second-order valence-corrected chi connectivity index (χ2v) is 11.2. The lowest BCUT2D eigenvalue weighted by Gasteiger charge is -2.28. The molecule has 1 saturated carbocycles. The number of rotatable bonds is 18. The standard InChI is InChI=1S/C33H52N2O/c1-3-5-7-9-10-12-15-30-26-34-33(35-27-30)31-21-23-32(24-22-31)36-25-13-16-29-19-17-28(18-20-29)14-11-8-6-4-2/h21-24,26-29H,3-20,25H2,1-2H3. The average molecular weight is 493 g/mol. The van der Waals surface area contributed by atoms with Gasteiger partial charge in [-0.15, -0.1) is 0 Å². The molecular weight excluding hydrogens is 440 g/mol. The Balaban J connectivity index is 1.28. The Morgan fingerprint density at radius 1 is 0.667 bits per heavy atom. The first kappa shape index (κ1) is 28.7. The molecule has 1 aromatic carbocycles. The molecule has 3 heteroatoms. The summed E-state index contributed by atoms with van der Waals surface area (Å²) in [5, 5.41) is 0. The molecule has 3 rings (SSSR count). The van der Waals surface area contributed by atoms with Gasteiger partial charge < -0.3 is 4.74 Å². The first-order valence-corrected chi connectivity index (χ1v) is 15.3. The summed E-state index contributed by atoms with van der Waals surface area (Å²) in [6.45, 7) is 5.39. The molecule has 1 heterocycles. The lowest BCUT2D eigenvalue weighted by Crippen LogP contribution is -2.15. The molecule has 0 amide bonds. The number of unbranched alkanes of at least 4 members (excludes halogenated alkanes) is 8. The molecule has 2 aromatic rings. The van der Waals surface area contributed by atoms with E-state index in [0.29, 0.717) is 0 Å². The average Bonchev–Trinajstić information content (AvgIpc) is 2.92.